The molecule has 1 unspecified atom stereocenters. The summed E-state index contributed by atoms with van der Waals surface area (Å²) in [5.41, 5.74) is 2.33. The van der Waals surface area contributed by atoms with Gasteiger partial charge in [-0.25, -0.2) is 9.97 Å². The predicted molar refractivity (Wildman–Crippen MR) is 54.6 cm³/mol. The van der Waals surface area contributed by atoms with E-state index in [-0.39, 0.29) is 0 Å². The van der Waals surface area contributed by atoms with E-state index >= 15 is 0 Å². The van der Waals surface area contributed by atoms with Crippen LogP contribution in [0.15, 0.2) is 6.20 Å². The molecule has 1 aliphatic carbocycles. The first kappa shape index (κ1) is 10.1. The van der Waals surface area contributed by atoms with Crippen molar-refractivity contribution in [3.8, 4) is 0 Å². The molecule has 0 fully saturated rings. The van der Waals surface area contributed by atoms with Crippen LogP contribution in [0.5, 0.6) is 0 Å². The molecule has 80 valence electrons. The zero-order valence-electron chi connectivity index (χ0n) is 8.73. The molecule has 0 saturated heterocycles. The lowest BCUT2D eigenvalue weighted by molar-refractivity contribution is -0.141. The van der Waals surface area contributed by atoms with Crippen LogP contribution in [0.3, 0.4) is 0 Å². The highest BCUT2D eigenvalue weighted by atomic mass is 16.4. The number of hydrogen-bond acceptors (Lipinski definition) is 3. The molecule has 2 rings (SSSR count). The normalized spacial score (nSPS) is 16.1. The van der Waals surface area contributed by atoms with E-state index in [4.69, 9.17) is 5.11 Å². The van der Waals surface area contributed by atoms with Gasteiger partial charge in [-0.1, -0.05) is 6.92 Å². The van der Waals surface area contributed by atoms with E-state index in [2.05, 4.69) is 9.97 Å². The molecule has 1 aliphatic rings. The third-order valence-electron chi connectivity index (χ3n) is 2.77. The van der Waals surface area contributed by atoms with Gasteiger partial charge in [0.1, 0.15) is 5.82 Å². The highest BCUT2D eigenvalue weighted by Crippen LogP contribution is 2.19. The van der Waals surface area contributed by atoms with Crippen LogP contribution in [0.25, 0.3) is 0 Å². The molecule has 0 radical (unpaired) electrons. The highest BCUT2D eigenvalue weighted by Gasteiger charge is 2.17. The molecule has 15 heavy (non-hydrogen) atoms. The van der Waals surface area contributed by atoms with Crippen molar-refractivity contribution >= 4 is 5.97 Å². The van der Waals surface area contributed by atoms with Crippen LogP contribution in [0.1, 0.15) is 30.4 Å². The van der Waals surface area contributed by atoms with Crippen molar-refractivity contribution in [1.29, 1.82) is 0 Å². The number of aryl methyl sites for hydroxylation is 2. The van der Waals surface area contributed by atoms with Crippen molar-refractivity contribution in [2.24, 2.45) is 5.92 Å². The first-order chi connectivity index (χ1) is 7.16. The van der Waals surface area contributed by atoms with Gasteiger partial charge >= 0.3 is 5.97 Å². The number of carbonyl (C=O) groups is 1. The lowest BCUT2D eigenvalue weighted by atomic mass is 10.1. The summed E-state index contributed by atoms with van der Waals surface area (Å²) in [6, 6.07) is 0. The maximum Gasteiger partial charge on any atom is 0.306 e. The van der Waals surface area contributed by atoms with Crippen LogP contribution >= 0.6 is 0 Å². The number of nitrogens with zero attached hydrogens (tertiary/aromatic N) is 2. The SMILES string of the molecule is CC(Cc1ncc2c(n1)CCC2)C(=O)O. The maximum atomic E-state index is 10.7. The largest absolute Gasteiger partial charge is 0.481 e. The van der Waals surface area contributed by atoms with Gasteiger partial charge in [-0.2, -0.15) is 0 Å². The molecule has 0 bridgehead atoms. The van der Waals surface area contributed by atoms with Gasteiger partial charge in [0.25, 0.3) is 0 Å². The second kappa shape index (κ2) is 3.96. The van der Waals surface area contributed by atoms with Crippen LogP contribution in [-0.4, -0.2) is 21.0 Å². The highest BCUT2D eigenvalue weighted by molar-refractivity contribution is 5.69. The summed E-state index contributed by atoms with van der Waals surface area (Å²) in [5, 5.41) is 8.78. The molecule has 1 N–H and O–H groups in total. The molecule has 0 aliphatic heterocycles. The van der Waals surface area contributed by atoms with Gasteiger partial charge in [0, 0.05) is 18.3 Å². The Hall–Kier alpha value is -1.45. The first-order valence-electron chi connectivity index (χ1n) is 5.23. The fourth-order valence-electron chi connectivity index (χ4n) is 1.81. The predicted octanol–water partition coefficient (Wildman–Crippen LogP) is 1.23. The van der Waals surface area contributed by atoms with Crippen molar-refractivity contribution in [2.75, 3.05) is 0 Å². The number of rotatable bonds is 3. The molecule has 1 atom stereocenters. The lowest BCUT2D eigenvalue weighted by Gasteiger charge is -2.06. The minimum Gasteiger partial charge on any atom is -0.481 e. The van der Waals surface area contributed by atoms with E-state index in [0.29, 0.717) is 12.2 Å². The minimum atomic E-state index is -0.793. The summed E-state index contributed by atoms with van der Waals surface area (Å²) >= 11 is 0. The first-order valence-corrected chi connectivity index (χ1v) is 5.23. The molecule has 1 aromatic heterocycles. The molecule has 4 nitrogen and oxygen atoms in total. The summed E-state index contributed by atoms with van der Waals surface area (Å²) < 4.78 is 0. The van der Waals surface area contributed by atoms with Crippen molar-refractivity contribution in [1.82, 2.24) is 9.97 Å². The van der Waals surface area contributed by atoms with E-state index < -0.39 is 11.9 Å². The Morgan fingerprint density at radius 3 is 3.13 bits per heavy atom. The summed E-state index contributed by atoms with van der Waals surface area (Å²) in [4.78, 5) is 19.3. The Morgan fingerprint density at radius 1 is 1.60 bits per heavy atom. The third kappa shape index (κ3) is 2.14. The second-order valence-electron chi connectivity index (χ2n) is 4.06. The zero-order chi connectivity index (χ0) is 10.8. The van der Waals surface area contributed by atoms with E-state index in [1.807, 2.05) is 6.20 Å². The van der Waals surface area contributed by atoms with Gasteiger partial charge in [0.2, 0.25) is 0 Å². The van der Waals surface area contributed by atoms with Crippen molar-refractivity contribution in [3.63, 3.8) is 0 Å². The van der Waals surface area contributed by atoms with Crippen LogP contribution in [0, 0.1) is 5.92 Å². The quantitative estimate of drug-likeness (QED) is 0.807. The average Bonchev–Trinajstić information content (AvgIpc) is 2.64. The molecule has 0 amide bonds. The Bertz CT molecular complexity index is 390. The average molecular weight is 206 g/mol. The smallest absolute Gasteiger partial charge is 0.306 e. The molecule has 0 aromatic carbocycles. The standard InChI is InChI=1S/C11H14N2O2/c1-7(11(14)15)5-10-12-6-8-3-2-4-9(8)13-10/h6-7H,2-5H2,1H3,(H,14,15). The number of hydrogen-bond donors (Lipinski definition) is 1. The van der Waals surface area contributed by atoms with Crippen molar-refractivity contribution in [2.45, 2.75) is 32.6 Å². The second-order valence-corrected chi connectivity index (χ2v) is 4.06. The maximum absolute atomic E-state index is 10.7. The van der Waals surface area contributed by atoms with Crippen LogP contribution in [-0.2, 0) is 24.1 Å². The Balaban J connectivity index is 2.13. The number of aliphatic carboxylic acids is 1. The summed E-state index contributed by atoms with van der Waals surface area (Å²) in [5.74, 6) is -0.547. The van der Waals surface area contributed by atoms with E-state index in [9.17, 15) is 4.79 Å². The Labute approximate surface area is 88.4 Å². The van der Waals surface area contributed by atoms with E-state index in [1.165, 1.54) is 5.56 Å². The third-order valence-corrected chi connectivity index (χ3v) is 2.77. The minimum absolute atomic E-state index is 0.413. The zero-order valence-corrected chi connectivity index (χ0v) is 8.73. The number of carboxylic acid groups (broad SMARTS) is 1. The summed E-state index contributed by atoms with van der Waals surface area (Å²) in [7, 11) is 0. The summed E-state index contributed by atoms with van der Waals surface area (Å²) in [6.45, 7) is 1.68. The van der Waals surface area contributed by atoms with Gasteiger partial charge in [0.05, 0.1) is 5.92 Å². The van der Waals surface area contributed by atoms with Crippen molar-refractivity contribution in [3.05, 3.63) is 23.3 Å². The lowest BCUT2D eigenvalue weighted by Crippen LogP contribution is -2.14. The van der Waals surface area contributed by atoms with E-state index in [1.54, 1.807) is 6.92 Å². The molecular formula is C11H14N2O2. The monoisotopic (exact) mass is 206 g/mol. The van der Waals surface area contributed by atoms with E-state index in [0.717, 1.165) is 25.0 Å². The molecular weight excluding hydrogens is 192 g/mol. The molecule has 0 spiro atoms. The van der Waals surface area contributed by atoms with Crippen LogP contribution in [0.4, 0.5) is 0 Å². The van der Waals surface area contributed by atoms with Gasteiger partial charge in [0.15, 0.2) is 0 Å². The fourth-order valence-corrected chi connectivity index (χ4v) is 1.81. The van der Waals surface area contributed by atoms with Crippen LogP contribution < -0.4 is 0 Å². The van der Waals surface area contributed by atoms with Crippen LogP contribution in [0.2, 0.25) is 0 Å². The Morgan fingerprint density at radius 2 is 2.40 bits per heavy atom. The Kier molecular flexibility index (Phi) is 2.66. The number of aromatic nitrogens is 2. The molecule has 1 aromatic rings. The van der Waals surface area contributed by atoms with Gasteiger partial charge in [-0.05, 0) is 24.8 Å². The molecule has 1 heterocycles. The van der Waals surface area contributed by atoms with Gasteiger partial charge in [-0.15, -0.1) is 0 Å². The fraction of sp³-hybridized carbons (Fsp3) is 0.545. The topological polar surface area (TPSA) is 63.1 Å². The molecule has 0 saturated carbocycles. The number of carboxylic acids is 1. The van der Waals surface area contributed by atoms with Gasteiger partial charge < -0.3 is 5.11 Å². The number of fused-ring (bicyclic) bond motifs is 1. The van der Waals surface area contributed by atoms with Crippen molar-refractivity contribution < 1.29 is 9.90 Å². The summed E-state index contributed by atoms with van der Waals surface area (Å²) in [6.07, 6.45) is 5.47. The molecule has 4 heteroatoms. The van der Waals surface area contributed by atoms with Gasteiger partial charge in [-0.3, -0.25) is 4.79 Å².